The summed E-state index contributed by atoms with van der Waals surface area (Å²) in [5, 5.41) is 3.44. The lowest BCUT2D eigenvalue weighted by molar-refractivity contribution is 0.310. The predicted octanol–water partition coefficient (Wildman–Crippen LogP) is 2.70. The minimum Gasteiger partial charge on any atom is -0.328 e. The van der Waals surface area contributed by atoms with Crippen LogP contribution >= 0.6 is 0 Å². The third kappa shape index (κ3) is 1.74. The third-order valence-electron chi connectivity index (χ3n) is 4.22. The molecule has 0 spiro atoms. The molecule has 1 fully saturated rings. The molecule has 2 heterocycles. The fourth-order valence-corrected chi connectivity index (χ4v) is 3.06. The van der Waals surface area contributed by atoms with Crippen LogP contribution in [0.1, 0.15) is 32.5 Å². The first-order valence-corrected chi connectivity index (χ1v) is 6.91. The molecule has 0 unspecified atom stereocenters. The van der Waals surface area contributed by atoms with E-state index in [1.54, 1.807) is 0 Å². The van der Waals surface area contributed by atoms with Gasteiger partial charge in [-0.1, -0.05) is 19.1 Å². The highest BCUT2D eigenvalue weighted by atomic mass is 15.1. The van der Waals surface area contributed by atoms with Crippen molar-refractivity contribution in [2.45, 2.75) is 38.6 Å². The fourth-order valence-electron chi connectivity index (χ4n) is 3.06. The summed E-state index contributed by atoms with van der Waals surface area (Å²) in [6, 6.07) is 8.48. The van der Waals surface area contributed by atoms with Crippen molar-refractivity contribution in [3.63, 3.8) is 0 Å². The molecule has 0 atom stereocenters. The van der Waals surface area contributed by atoms with Gasteiger partial charge in [-0.15, -0.1) is 0 Å². The predicted molar refractivity (Wildman–Crippen MR) is 74.9 cm³/mol. The van der Waals surface area contributed by atoms with Gasteiger partial charge in [0.05, 0.1) is 11.0 Å². The zero-order valence-corrected chi connectivity index (χ0v) is 11.2. The summed E-state index contributed by atoms with van der Waals surface area (Å²) >= 11 is 0. The molecule has 0 radical (unpaired) electrons. The van der Waals surface area contributed by atoms with E-state index in [-0.39, 0.29) is 5.41 Å². The lowest BCUT2D eigenvalue weighted by Crippen LogP contribution is -2.39. The standard InChI is InChI=1S/C15H21N3/c1-3-18-13-7-5-4-6-12(13)17-14(18)15(2)8-10-16-11-9-15/h4-7,16H,3,8-11H2,1-2H3. The van der Waals surface area contributed by atoms with Crippen LogP contribution in [0.15, 0.2) is 24.3 Å². The maximum absolute atomic E-state index is 4.91. The van der Waals surface area contributed by atoms with E-state index in [4.69, 9.17) is 4.98 Å². The van der Waals surface area contributed by atoms with Crippen molar-refractivity contribution in [3.8, 4) is 0 Å². The van der Waals surface area contributed by atoms with Gasteiger partial charge in [0.1, 0.15) is 5.82 Å². The van der Waals surface area contributed by atoms with Crippen molar-refractivity contribution in [3.05, 3.63) is 30.1 Å². The van der Waals surface area contributed by atoms with E-state index in [2.05, 4.69) is 48.0 Å². The molecular weight excluding hydrogens is 222 g/mol. The van der Waals surface area contributed by atoms with Gasteiger partial charge in [-0.05, 0) is 45.0 Å². The van der Waals surface area contributed by atoms with Crippen LogP contribution in [0.25, 0.3) is 11.0 Å². The van der Waals surface area contributed by atoms with E-state index in [0.29, 0.717) is 0 Å². The second kappa shape index (κ2) is 4.39. The highest BCUT2D eigenvalue weighted by Gasteiger charge is 2.33. The summed E-state index contributed by atoms with van der Waals surface area (Å²) < 4.78 is 2.39. The van der Waals surface area contributed by atoms with Gasteiger partial charge in [0, 0.05) is 12.0 Å². The Morgan fingerprint density at radius 3 is 2.72 bits per heavy atom. The summed E-state index contributed by atoms with van der Waals surface area (Å²) in [7, 11) is 0. The first-order valence-electron chi connectivity index (χ1n) is 6.91. The van der Waals surface area contributed by atoms with Crippen molar-refractivity contribution in [2.24, 2.45) is 0 Å². The molecule has 1 aliphatic heterocycles. The Bertz CT molecular complexity index is 550. The largest absolute Gasteiger partial charge is 0.328 e. The second-order valence-corrected chi connectivity index (χ2v) is 5.48. The van der Waals surface area contributed by atoms with E-state index in [0.717, 1.165) is 25.2 Å². The van der Waals surface area contributed by atoms with E-state index in [1.165, 1.54) is 24.2 Å². The summed E-state index contributed by atoms with van der Waals surface area (Å²) in [4.78, 5) is 4.91. The average Bonchev–Trinajstić information content (AvgIpc) is 2.79. The number of para-hydroxylation sites is 2. The molecule has 3 rings (SSSR count). The Morgan fingerprint density at radius 1 is 1.28 bits per heavy atom. The maximum atomic E-state index is 4.91. The van der Waals surface area contributed by atoms with Crippen LogP contribution in [0.5, 0.6) is 0 Å². The van der Waals surface area contributed by atoms with Crippen LogP contribution in [0.2, 0.25) is 0 Å². The first-order chi connectivity index (χ1) is 8.74. The van der Waals surface area contributed by atoms with Gasteiger partial charge in [-0.3, -0.25) is 0 Å². The highest BCUT2D eigenvalue weighted by molar-refractivity contribution is 5.76. The Kier molecular flexibility index (Phi) is 2.86. The van der Waals surface area contributed by atoms with Crippen LogP contribution in [0, 0.1) is 0 Å². The molecule has 0 aliphatic carbocycles. The zero-order chi connectivity index (χ0) is 12.6. The van der Waals surface area contributed by atoms with Gasteiger partial charge >= 0.3 is 0 Å². The number of aryl methyl sites for hydroxylation is 1. The maximum Gasteiger partial charge on any atom is 0.115 e. The van der Waals surface area contributed by atoms with Crippen LogP contribution < -0.4 is 5.32 Å². The lowest BCUT2D eigenvalue weighted by atomic mass is 9.80. The molecule has 2 aromatic rings. The number of nitrogens with one attached hydrogen (secondary N) is 1. The van der Waals surface area contributed by atoms with E-state index in [1.807, 2.05) is 0 Å². The second-order valence-electron chi connectivity index (χ2n) is 5.48. The monoisotopic (exact) mass is 243 g/mol. The molecule has 1 aliphatic rings. The number of imidazole rings is 1. The minimum absolute atomic E-state index is 0.222. The van der Waals surface area contributed by atoms with E-state index in [9.17, 15) is 0 Å². The number of aromatic nitrogens is 2. The van der Waals surface area contributed by atoms with Gasteiger partial charge < -0.3 is 9.88 Å². The smallest absolute Gasteiger partial charge is 0.115 e. The normalized spacial score (nSPS) is 19.2. The zero-order valence-electron chi connectivity index (χ0n) is 11.2. The Morgan fingerprint density at radius 2 is 2.00 bits per heavy atom. The summed E-state index contributed by atoms with van der Waals surface area (Å²) in [5.74, 6) is 1.27. The van der Waals surface area contributed by atoms with Crippen molar-refractivity contribution >= 4 is 11.0 Å². The molecule has 1 N–H and O–H groups in total. The van der Waals surface area contributed by atoms with Gasteiger partial charge in [0.15, 0.2) is 0 Å². The van der Waals surface area contributed by atoms with E-state index < -0.39 is 0 Å². The van der Waals surface area contributed by atoms with Crippen LogP contribution in [-0.4, -0.2) is 22.6 Å². The lowest BCUT2D eigenvalue weighted by Gasteiger charge is -2.33. The number of benzene rings is 1. The molecule has 3 heteroatoms. The number of hydrogen-bond donors (Lipinski definition) is 1. The molecule has 3 nitrogen and oxygen atoms in total. The SMILES string of the molecule is CCn1c(C2(C)CCNCC2)nc2ccccc21. The van der Waals surface area contributed by atoms with Crippen LogP contribution in [0.4, 0.5) is 0 Å². The molecule has 1 saturated heterocycles. The molecular formula is C15H21N3. The fraction of sp³-hybridized carbons (Fsp3) is 0.533. The molecule has 1 aromatic carbocycles. The number of fused-ring (bicyclic) bond motifs is 1. The van der Waals surface area contributed by atoms with Crippen LogP contribution in [0.3, 0.4) is 0 Å². The molecule has 18 heavy (non-hydrogen) atoms. The van der Waals surface area contributed by atoms with Crippen molar-refractivity contribution in [1.29, 1.82) is 0 Å². The number of piperidine rings is 1. The van der Waals surface area contributed by atoms with Gasteiger partial charge in [-0.2, -0.15) is 0 Å². The van der Waals surface area contributed by atoms with Crippen LogP contribution in [-0.2, 0) is 12.0 Å². The third-order valence-corrected chi connectivity index (χ3v) is 4.22. The number of rotatable bonds is 2. The van der Waals surface area contributed by atoms with Crippen molar-refractivity contribution in [1.82, 2.24) is 14.9 Å². The minimum atomic E-state index is 0.222. The topological polar surface area (TPSA) is 29.9 Å². The Balaban J connectivity index is 2.15. The molecule has 0 saturated carbocycles. The van der Waals surface area contributed by atoms with E-state index >= 15 is 0 Å². The quantitative estimate of drug-likeness (QED) is 0.879. The molecule has 1 aromatic heterocycles. The van der Waals surface area contributed by atoms with Crippen molar-refractivity contribution < 1.29 is 0 Å². The summed E-state index contributed by atoms with van der Waals surface area (Å²) in [6.07, 6.45) is 2.35. The Labute approximate surface area is 108 Å². The summed E-state index contributed by atoms with van der Waals surface area (Å²) in [5.41, 5.74) is 2.63. The average molecular weight is 243 g/mol. The van der Waals surface area contributed by atoms with Gasteiger partial charge in [0.25, 0.3) is 0 Å². The number of nitrogens with zero attached hydrogens (tertiary/aromatic N) is 2. The van der Waals surface area contributed by atoms with Gasteiger partial charge in [0.2, 0.25) is 0 Å². The number of hydrogen-bond acceptors (Lipinski definition) is 2. The molecule has 96 valence electrons. The first kappa shape index (κ1) is 11.7. The highest BCUT2D eigenvalue weighted by Crippen LogP contribution is 2.34. The molecule has 0 amide bonds. The van der Waals surface area contributed by atoms with Crippen molar-refractivity contribution in [2.75, 3.05) is 13.1 Å². The molecule has 0 bridgehead atoms. The summed E-state index contributed by atoms with van der Waals surface area (Å²) in [6.45, 7) is 7.77. The van der Waals surface area contributed by atoms with Gasteiger partial charge in [-0.25, -0.2) is 4.98 Å². The Hall–Kier alpha value is -1.35.